The maximum Gasteiger partial charge on any atom is 0.261 e. The highest BCUT2D eigenvalue weighted by Crippen LogP contribution is 2.35. The Bertz CT molecular complexity index is 2210. The van der Waals surface area contributed by atoms with Gasteiger partial charge in [0.2, 0.25) is 12.4 Å². The fraction of sp³-hybridized carbons (Fsp3) is 0.512. The van der Waals surface area contributed by atoms with Crippen LogP contribution in [-0.2, 0) is 14.4 Å². The smallest absolute Gasteiger partial charge is 0.261 e. The Balaban J connectivity index is 0.00000201. The molecule has 3 fully saturated rings. The van der Waals surface area contributed by atoms with Gasteiger partial charge in [-0.1, -0.05) is 11.9 Å². The molecule has 2 N–H and O–H groups in total. The van der Waals surface area contributed by atoms with Crippen LogP contribution in [0.4, 0.5) is 24.8 Å². The van der Waals surface area contributed by atoms with E-state index in [0.29, 0.717) is 65.2 Å². The number of hydrogen-bond acceptors (Lipinski definition) is 13. The van der Waals surface area contributed by atoms with Gasteiger partial charge in [-0.05, 0) is 90.9 Å². The minimum absolute atomic E-state index is 0.0204. The lowest BCUT2D eigenvalue weighted by Gasteiger charge is -2.48. The number of carbonyl (C=O) groups excluding carboxylic acids is 4. The van der Waals surface area contributed by atoms with Gasteiger partial charge in [0.25, 0.3) is 5.91 Å². The quantitative estimate of drug-likeness (QED) is 0.109. The number of fused-ring (bicyclic) bond motifs is 1. The van der Waals surface area contributed by atoms with E-state index in [4.69, 9.17) is 0 Å². The lowest BCUT2D eigenvalue weighted by molar-refractivity contribution is -0.123. The summed E-state index contributed by atoms with van der Waals surface area (Å²) in [5, 5.41) is 6.60. The van der Waals surface area contributed by atoms with Gasteiger partial charge in [-0.15, -0.1) is 0 Å². The van der Waals surface area contributed by atoms with Crippen molar-refractivity contribution < 1.29 is 32.3 Å². The second-order valence-electron chi connectivity index (χ2n) is 16.3. The molecule has 0 bridgehead atoms. The van der Waals surface area contributed by atoms with Crippen molar-refractivity contribution in [2.24, 2.45) is 5.92 Å². The lowest BCUT2D eigenvalue weighted by Crippen LogP contribution is -2.58. The molecule has 7 rings (SSSR count). The van der Waals surface area contributed by atoms with E-state index in [0.717, 1.165) is 56.7 Å². The zero-order valence-corrected chi connectivity index (χ0v) is 36.4. The van der Waals surface area contributed by atoms with E-state index >= 15 is 13.2 Å². The highest BCUT2D eigenvalue weighted by molar-refractivity contribution is 7.97. The Morgan fingerprint density at radius 2 is 1.67 bits per heavy atom. The van der Waals surface area contributed by atoms with Gasteiger partial charge >= 0.3 is 0 Å². The van der Waals surface area contributed by atoms with Gasteiger partial charge in [-0.2, -0.15) is 0 Å². The summed E-state index contributed by atoms with van der Waals surface area (Å²) in [5.74, 6) is -0.984. The molecule has 3 aliphatic heterocycles. The number of rotatable bonds is 16. The van der Waals surface area contributed by atoms with Crippen LogP contribution in [0.2, 0.25) is 0 Å². The first kappa shape index (κ1) is 45.6. The zero-order valence-electron chi connectivity index (χ0n) is 35.5. The van der Waals surface area contributed by atoms with E-state index in [1.54, 1.807) is 13.0 Å². The van der Waals surface area contributed by atoms with E-state index in [2.05, 4.69) is 34.8 Å². The molecule has 0 spiro atoms. The Kier molecular flexibility index (Phi) is 15.2. The van der Waals surface area contributed by atoms with Crippen molar-refractivity contribution in [1.29, 1.82) is 0 Å². The molecule has 2 amide bonds. The Morgan fingerprint density at radius 1 is 0.967 bits per heavy atom. The second kappa shape index (κ2) is 20.3. The molecule has 4 aromatic rings. The maximum atomic E-state index is 15.1. The van der Waals surface area contributed by atoms with E-state index in [9.17, 15) is 19.2 Å². The molecule has 1 atom stereocenters. The highest BCUT2D eigenvalue weighted by atomic mass is 32.2. The summed E-state index contributed by atoms with van der Waals surface area (Å²) in [7, 11) is 3.75. The molecular weight excluding hydrogens is 810 g/mol. The number of nitrogens with one attached hydrogen (secondary N) is 2. The summed E-state index contributed by atoms with van der Waals surface area (Å²) in [6, 6.07) is 4.82. The molecule has 1 unspecified atom stereocenters. The monoisotopic (exact) mass is 864 g/mol. The fourth-order valence-electron chi connectivity index (χ4n) is 8.24. The SMILES string of the molecule is CNC.Cc1cc(F)c(N2CC(CN3CC(SN4CCC(Nc5ncc(F)c(-c6cc(F)c7nc(C)n(C(C)C)c7c6)n5)CC4)C3)C2)cc1C(=O)N(C=O)C(C=O)CCC=O. The van der Waals surface area contributed by atoms with Crippen LogP contribution in [0, 0.1) is 37.2 Å². The summed E-state index contributed by atoms with van der Waals surface area (Å²) < 4.78 is 49.6. The fourth-order valence-corrected chi connectivity index (χ4v) is 9.64. The molecule has 0 saturated carbocycles. The standard InChI is InChI=1S/C41H48F3N9O4S.C2H7N/c1-24(2)53-26(4)46-39-34(43)13-28(14-37(39)53)38-35(44)16-45-41(48-38)47-29-7-9-51(10-8-29)58-31-20-49(21-31)17-27-18-50(19-27)36-15-32(25(3)12-33(36)42)40(57)52(23-56)30(22-55)6-5-11-54;1-3-2/h11-16,22-24,27,29-31H,5-10,17-21H2,1-4H3,(H,45,47,48);3H,1-2H3. The van der Waals surface area contributed by atoms with Crippen molar-refractivity contribution in [3.63, 3.8) is 0 Å². The molecule has 0 radical (unpaired) electrons. The number of benzene rings is 2. The van der Waals surface area contributed by atoms with Crippen LogP contribution in [0.25, 0.3) is 22.3 Å². The van der Waals surface area contributed by atoms with Crippen molar-refractivity contribution in [1.82, 2.24) is 38.9 Å². The van der Waals surface area contributed by atoms with Crippen molar-refractivity contribution in [2.75, 3.05) is 70.1 Å². The van der Waals surface area contributed by atoms with E-state index in [1.807, 2.05) is 56.3 Å². The summed E-state index contributed by atoms with van der Waals surface area (Å²) in [5.41, 5.74) is 1.98. The average Bonchev–Trinajstić information content (AvgIpc) is 3.55. The first-order chi connectivity index (χ1) is 29.3. The largest absolute Gasteiger partial charge is 0.368 e. The van der Waals surface area contributed by atoms with Gasteiger partial charge < -0.3 is 34.6 Å². The summed E-state index contributed by atoms with van der Waals surface area (Å²) in [6.45, 7) is 13.2. The van der Waals surface area contributed by atoms with Crippen LogP contribution < -0.4 is 15.5 Å². The molecule has 2 aromatic heterocycles. The molecule has 14 nitrogen and oxygen atoms in total. The molecule has 18 heteroatoms. The summed E-state index contributed by atoms with van der Waals surface area (Å²) in [4.78, 5) is 65.6. The third kappa shape index (κ3) is 10.4. The second-order valence-corrected chi connectivity index (χ2v) is 17.7. The van der Waals surface area contributed by atoms with Crippen molar-refractivity contribution in [2.45, 2.75) is 76.8 Å². The van der Waals surface area contributed by atoms with Crippen LogP contribution in [0.15, 0.2) is 30.5 Å². The molecule has 61 heavy (non-hydrogen) atoms. The number of aryl methyl sites for hydroxylation is 2. The average molecular weight is 865 g/mol. The topological polar surface area (TPSA) is 149 Å². The first-order valence-corrected chi connectivity index (χ1v) is 21.5. The molecule has 0 aliphatic carbocycles. The zero-order chi connectivity index (χ0) is 44.0. The number of aromatic nitrogens is 4. The number of halogens is 3. The van der Waals surface area contributed by atoms with Gasteiger partial charge in [0.1, 0.15) is 35.4 Å². The van der Waals surface area contributed by atoms with Gasteiger partial charge in [0.05, 0.1) is 23.4 Å². The van der Waals surface area contributed by atoms with E-state index in [1.165, 1.54) is 18.2 Å². The number of nitrogens with zero attached hydrogens (tertiary/aromatic N) is 8. The molecule has 3 aliphatic rings. The summed E-state index contributed by atoms with van der Waals surface area (Å²) in [6.07, 6.45) is 4.27. The van der Waals surface area contributed by atoms with Crippen molar-refractivity contribution in [3.8, 4) is 11.3 Å². The van der Waals surface area contributed by atoms with Gasteiger partial charge in [0.15, 0.2) is 11.6 Å². The van der Waals surface area contributed by atoms with Gasteiger partial charge in [0, 0.05) is 86.6 Å². The number of carbonyl (C=O) groups is 4. The van der Waals surface area contributed by atoms with Crippen LogP contribution in [-0.4, -0.2) is 136 Å². The third-order valence-electron chi connectivity index (χ3n) is 11.2. The van der Waals surface area contributed by atoms with Crippen molar-refractivity contribution in [3.05, 3.63) is 64.9 Å². The Labute approximate surface area is 358 Å². The summed E-state index contributed by atoms with van der Waals surface area (Å²) >= 11 is 1.88. The highest BCUT2D eigenvalue weighted by Gasteiger charge is 2.37. The van der Waals surface area contributed by atoms with Gasteiger partial charge in [-0.3, -0.25) is 18.8 Å². The van der Waals surface area contributed by atoms with Crippen LogP contribution in [0.3, 0.4) is 0 Å². The Morgan fingerprint density at radius 3 is 2.31 bits per heavy atom. The number of likely N-dealkylation sites (tertiary alicyclic amines) is 1. The number of imidazole rings is 1. The third-order valence-corrected chi connectivity index (χ3v) is 12.5. The first-order valence-electron chi connectivity index (χ1n) is 20.7. The van der Waals surface area contributed by atoms with Crippen LogP contribution in [0.5, 0.6) is 0 Å². The van der Waals surface area contributed by atoms with E-state index in [-0.39, 0.29) is 53.8 Å². The minimum Gasteiger partial charge on any atom is -0.368 e. The maximum absolute atomic E-state index is 15.1. The number of piperidine rings is 1. The van der Waals surface area contributed by atoms with Gasteiger partial charge in [-0.25, -0.2) is 28.1 Å². The van der Waals surface area contributed by atoms with Crippen LogP contribution in [0.1, 0.15) is 67.3 Å². The number of anilines is 2. The molecule has 328 valence electrons. The predicted molar refractivity (Wildman–Crippen MR) is 231 cm³/mol. The Hall–Kier alpha value is -4.91. The number of hydrogen-bond donors (Lipinski definition) is 2. The predicted octanol–water partition coefficient (Wildman–Crippen LogP) is 5.43. The van der Waals surface area contributed by atoms with E-state index < -0.39 is 29.4 Å². The van der Waals surface area contributed by atoms with Crippen molar-refractivity contribution >= 4 is 59.5 Å². The molecule has 3 saturated heterocycles. The molecule has 5 heterocycles. The minimum atomic E-state index is -1.08. The van der Waals surface area contributed by atoms with Crippen LogP contribution >= 0.6 is 11.9 Å². The number of aldehydes is 2. The lowest BCUT2D eigenvalue weighted by atomic mass is 9.95. The number of amides is 2. The normalized spacial score (nSPS) is 17.0. The molecule has 2 aromatic carbocycles. The molecular formula is C43H55F3N10O4S. The number of imide groups is 1.